The van der Waals surface area contributed by atoms with Crippen molar-refractivity contribution in [1.29, 1.82) is 0 Å². The fourth-order valence-electron chi connectivity index (χ4n) is 2.59. The van der Waals surface area contributed by atoms with Gasteiger partial charge in [0.15, 0.2) is 0 Å². The van der Waals surface area contributed by atoms with E-state index in [1.54, 1.807) is 12.1 Å². The Labute approximate surface area is 150 Å². The predicted octanol–water partition coefficient (Wildman–Crippen LogP) is 4.46. The summed E-state index contributed by atoms with van der Waals surface area (Å²) in [5, 5.41) is 5.32. The molecule has 4 nitrogen and oxygen atoms in total. The van der Waals surface area contributed by atoms with Crippen LogP contribution in [0, 0.1) is 0 Å². The molecule has 0 fully saturated rings. The smallest absolute Gasteiger partial charge is 0.337 e. The van der Waals surface area contributed by atoms with Crippen molar-refractivity contribution in [3.8, 4) is 0 Å². The first-order chi connectivity index (χ1) is 12.1. The molecule has 0 heterocycles. The lowest BCUT2D eigenvalue weighted by molar-refractivity contribution is -0.115. The highest BCUT2D eigenvalue weighted by Crippen LogP contribution is 2.24. The molecule has 0 saturated carbocycles. The third kappa shape index (κ3) is 3.98. The van der Waals surface area contributed by atoms with Crippen molar-refractivity contribution in [3.63, 3.8) is 0 Å². The number of hydrogen-bond acceptors (Lipinski definition) is 3. The molecule has 5 heteroatoms. The number of halogens is 1. The molecule has 0 saturated heterocycles. The first kappa shape index (κ1) is 17.0. The van der Waals surface area contributed by atoms with Gasteiger partial charge in [0.2, 0.25) is 5.91 Å². The summed E-state index contributed by atoms with van der Waals surface area (Å²) in [6.07, 6.45) is 0.212. The Kier molecular flexibility index (Phi) is 5.00. The molecule has 0 aliphatic carbocycles. The van der Waals surface area contributed by atoms with E-state index in [0.717, 1.165) is 16.3 Å². The first-order valence-corrected chi connectivity index (χ1v) is 8.10. The molecular formula is C20H16ClNO3. The molecule has 1 N–H and O–H groups in total. The summed E-state index contributed by atoms with van der Waals surface area (Å²) in [6, 6.07) is 18.5. The second-order valence-corrected chi connectivity index (χ2v) is 6.00. The molecule has 0 unspecified atom stereocenters. The molecule has 126 valence electrons. The Morgan fingerprint density at radius 2 is 1.76 bits per heavy atom. The van der Waals surface area contributed by atoms with Gasteiger partial charge in [0, 0.05) is 0 Å². The molecular weight excluding hydrogens is 338 g/mol. The molecule has 3 rings (SSSR count). The topological polar surface area (TPSA) is 55.4 Å². The van der Waals surface area contributed by atoms with Crippen LogP contribution in [0.3, 0.4) is 0 Å². The summed E-state index contributed by atoms with van der Waals surface area (Å²) in [5.74, 6) is -0.694. The summed E-state index contributed by atoms with van der Waals surface area (Å²) in [7, 11) is 1.30. The zero-order chi connectivity index (χ0) is 17.8. The van der Waals surface area contributed by atoms with Crippen LogP contribution in [0.4, 0.5) is 5.69 Å². The number of benzene rings is 3. The molecule has 0 aromatic heterocycles. The van der Waals surface area contributed by atoms with Gasteiger partial charge in [-0.25, -0.2) is 4.79 Å². The molecule has 1 amide bonds. The fourth-order valence-corrected chi connectivity index (χ4v) is 2.76. The van der Waals surface area contributed by atoms with Crippen LogP contribution in [0.1, 0.15) is 15.9 Å². The second-order valence-electron chi connectivity index (χ2n) is 5.59. The number of ether oxygens (including phenoxy) is 1. The van der Waals surface area contributed by atoms with E-state index in [9.17, 15) is 9.59 Å². The lowest BCUT2D eigenvalue weighted by Gasteiger charge is -2.09. The van der Waals surface area contributed by atoms with Crippen molar-refractivity contribution in [1.82, 2.24) is 0 Å². The normalized spacial score (nSPS) is 10.5. The van der Waals surface area contributed by atoms with Crippen LogP contribution in [0.5, 0.6) is 0 Å². The van der Waals surface area contributed by atoms with Crippen molar-refractivity contribution in [2.24, 2.45) is 0 Å². The van der Waals surface area contributed by atoms with Crippen LogP contribution in [0.2, 0.25) is 5.02 Å². The van der Waals surface area contributed by atoms with Gasteiger partial charge in [0.05, 0.1) is 29.8 Å². The highest BCUT2D eigenvalue weighted by molar-refractivity contribution is 6.33. The summed E-state index contributed by atoms with van der Waals surface area (Å²) < 4.78 is 4.68. The monoisotopic (exact) mass is 353 g/mol. The van der Waals surface area contributed by atoms with E-state index in [1.807, 2.05) is 42.5 Å². The van der Waals surface area contributed by atoms with Crippen LogP contribution in [0.15, 0.2) is 60.7 Å². The van der Waals surface area contributed by atoms with E-state index in [4.69, 9.17) is 11.6 Å². The minimum atomic E-state index is -0.485. The summed E-state index contributed by atoms with van der Waals surface area (Å²) in [4.78, 5) is 23.9. The third-order valence-corrected chi connectivity index (χ3v) is 4.17. The zero-order valence-electron chi connectivity index (χ0n) is 13.6. The molecule has 0 bridgehead atoms. The van der Waals surface area contributed by atoms with Gasteiger partial charge in [-0.05, 0) is 34.5 Å². The Morgan fingerprint density at radius 1 is 1.00 bits per heavy atom. The van der Waals surface area contributed by atoms with E-state index in [2.05, 4.69) is 10.1 Å². The van der Waals surface area contributed by atoms with Crippen LogP contribution in [-0.2, 0) is 16.0 Å². The molecule has 3 aromatic rings. The van der Waals surface area contributed by atoms with Gasteiger partial charge in [-0.3, -0.25) is 4.79 Å². The van der Waals surface area contributed by atoms with Gasteiger partial charge in [0.1, 0.15) is 0 Å². The lowest BCUT2D eigenvalue weighted by Crippen LogP contribution is -2.15. The van der Waals surface area contributed by atoms with Gasteiger partial charge in [-0.15, -0.1) is 0 Å². The molecule has 25 heavy (non-hydrogen) atoms. The third-order valence-electron chi connectivity index (χ3n) is 3.84. The number of amides is 1. The molecule has 0 atom stereocenters. The fraction of sp³-hybridized carbons (Fsp3) is 0.100. The number of anilines is 1. The Bertz CT molecular complexity index is 953. The van der Waals surface area contributed by atoms with Gasteiger partial charge in [-0.2, -0.15) is 0 Å². The average molecular weight is 354 g/mol. The number of carbonyl (C=O) groups excluding carboxylic acids is 2. The van der Waals surface area contributed by atoms with Crippen molar-refractivity contribution < 1.29 is 14.3 Å². The van der Waals surface area contributed by atoms with E-state index >= 15 is 0 Å². The van der Waals surface area contributed by atoms with Gasteiger partial charge >= 0.3 is 5.97 Å². The predicted molar refractivity (Wildman–Crippen MR) is 99.1 cm³/mol. The molecule has 3 aromatic carbocycles. The quantitative estimate of drug-likeness (QED) is 0.704. The number of rotatable bonds is 4. The van der Waals surface area contributed by atoms with Gasteiger partial charge in [-0.1, -0.05) is 54.1 Å². The zero-order valence-corrected chi connectivity index (χ0v) is 14.3. The molecule has 0 aliphatic rings. The number of nitrogens with one attached hydrogen (secondary N) is 1. The summed E-state index contributed by atoms with van der Waals surface area (Å²) >= 11 is 6.10. The highest BCUT2D eigenvalue weighted by atomic mass is 35.5. The maximum atomic E-state index is 12.3. The Hall–Kier alpha value is -2.85. The first-order valence-electron chi connectivity index (χ1n) is 7.72. The van der Waals surface area contributed by atoms with Crippen molar-refractivity contribution in [3.05, 3.63) is 76.8 Å². The lowest BCUT2D eigenvalue weighted by atomic mass is 10.0. The van der Waals surface area contributed by atoms with Gasteiger partial charge < -0.3 is 10.1 Å². The van der Waals surface area contributed by atoms with Gasteiger partial charge in [0.25, 0.3) is 0 Å². The highest BCUT2D eigenvalue weighted by Gasteiger charge is 2.12. The number of hydrogen-bond donors (Lipinski definition) is 1. The molecule has 0 spiro atoms. The number of esters is 1. The van der Waals surface area contributed by atoms with Crippen LogP contribution < -0.4 is 5.32 Å². The number of fused-ring (bicyclic) bond motifs is 1. The van der Waals surface area contributed by atoms with E-state index in [-0.39, 0.29) is 12.3 Å². The summed E-state index contributed by atoms with van der Waals surface area (Å²) in [5.41, 5.74) is 1.61. The van der Waals surface area contributed by atoms with Crippen molar-refractivity contribution in [2.45, 2.75) is 6.42 Å². The summed E-state index contributed by atoms with van der Waals surface area (Å²) in [6.45, 7) is 0. The molecule has 0 radical (unpaired) electrons. The van der Waals surface area contributed by atoms with Crippen molar-refractivity contribution in [2.75, 3.05) is 12.4 Å². The maximum Gasteiger partial charge on any atom is 0.337 e. The standard InChI is InChI=1S/C20H16ClNO3/c1-25-20(24)16-8-9-17(21)18(12-16)22-19(23)11-13-6-7-14-4-2-3-5-15(14)10-13/h2-10,12H,11H2,1H3,(H,22,23). The Balaban J connectivity index is 1.76. The van der Waals surface area contributed by atoms with Crippen LogP contribution in [0.25, 0.3) is 10.8 Å². The van der Waals surface area contributed by atoms with Crippen LogP contribution in [-0.4, -0.2) is 19.0 Å². The molecule has 0 aliphatic heterocycles. The minimum absolute atomic E-state index is 0.209. The maximum absolute atomic E-state index is 12.3. The largest absolute Gasteiger partial charge is 0.465 e. The average Bonchev–Trinajstić information content (AvgIpc) is 2.62. The SMILES string of the molecule is COC(=O)c1ccc(Cl)c(NC(=O)Cc2ccc3ccccc3c2)c1. The number of methoxy groups -OCH3 is 1. The second kappa shape index (κ2) is 7.36. The van der Waals surface area contributed by atoms with E-state index < -0.39 is 5.97 Å². The number of carbonyl (C=O) groups is 2. The Morgan fingerprint density at radius 3 is 2.52 bits per heavy atom. The van der Waals surface area contributed by atoms with E-state index in [1.165, 1.54) is 13.2 Å². The van der Waals surface area contributed by atoms with E-state index in [0.29, 0.717) is 16.3 Å². The minimum Gasteiger partial charge on any atom is -0.465 e. The van der Waals surface area contributed by atoms with Crippen LogP contribution >= 0.6 is 11.6 Å². The van der Waals surface area contributed by atoms with Crippen molar-refractivity contribution >= 4 is 39.9 Å².